The van der Waals surface area contributed by atoms with Gasteiger partial charge < -0.3 is 15.0 Å². The second-order valence-electron chi connectivity index (χ2n) is 6.08. The van der Waals surface area contributed by atoms with E-state index in [2.05, 4.69) is 24.3 Å². The molecule has 0 saturated heterocycles. The van der Waals surface area contributed by atoms with Gasteiger partial charge >= 0.3 is 0 Å². The van der Waals surface area contributed by atoms with Crippen molar-refractivity contribution in [3.8, 4) is 5.75 Å². The fourth-order valence-electron chi connectivity index (χ4n) is 2.25. The Morgan fingerprint density at radius 1 is 1.29 bits per heavy atom. The van der Waals surface area contributed by atoms with Crippen LogP contribution in [0, 0.1) is 0 Å². The van der Waals surface area contributed by atoms with Crippen LogP contribution in [0.2, 0.25) is 0 Å². The van der Waals surface area contributed by atoms with Crippen LogP contribution in [0.4, 0.5) is 0 Å². The Morgan fingerprint density at radius 2 is 2.04 bits per heavy atom. The molecule has 1 heterocycles. The van der Waals surface area contributed by atoms with Gasteiger partial charge in [0.15, 0.2) is 6.61 Å². The summed E-state index contributed by atoms with van der Waals surface area (Å²) < 4.78 is 7.62. The Bertz CT molecular complexity index is 640. The number of nitrogens with one attached hydrogen (secondary N) is 1. The van der Waals surface area contributed by atoms with Crippen LogP contribution < -0.4 is 10.1 Å². The summed E-state index contributed by atoms with van der Waals surface area (Å²) in [5.41, 5.74) is 1.03. The molecule has 2 aromatic rings. The molecule has 2 atom stereocenters. The number of hydrogen-bond acceptors (Lipinski definition) is 4. The number of rotatable bonds is 8. The monoisotopic (exact) mass is 330 g/mol. The molecule has 2 rings (SSSR count). The number of carbonyl (C=O) groups excluding carboxylic acids is 1. The summed E-state index contributed by atoms with van der Waals surface area (Å²) in [6, 6.07) is 10.2. The first-order valence-electron chi connectivity index (χ1n) is 8.12. The van der Waals surface area contributed by atoms with Gasteiger partial charge in [0.05, 0.1) is 6.04 Å². The molecule has 0 bridgehead atoms. The van der Waals surface area contributed by atoms with Crippen molar-refractivity contribution in [1.29, 1.82) is 0 Å². The van der Waals surface area contributed by atoms with Crippen LogP contribution in [0.3, 0.4) is 0 Å². The standard InChI is InChI=1S/C18H26N4O2/c1-14(15(2)22-11-7-10-20-22)19-12-16-8-5-6-9-17(16)24-13-18(23)21(3)4/h5-11,14-15,19H,12-13H2,1-4H3/t14-,15+/m0/s1. The van der Waals surface area contributed by atoms with Gasteiger partial charge in [0, 0.05) is 44.6 Å². The van der Waals surface area contributed by atoms with Crippen LogP contribution in [0.25, 0.3) is 0 Å². The molecule has 6 nitrogen and oxygen atoms in total. The molecule has 0 aliphatic heterocycles. The number of nitrogens with zero attached hydrogens (tertiary/aromatic N) is 3. The number of ether oxygens (including phenoxy) is 1. The number of carbonyl (C=O) groups is 1. The SMILES string of the molecule is C[C@H](NCc1ccccc1OCC(=O)N(C)C)[C@@H](C)n1cccn1. The van der Waals surface area contributed by atoms with Crippen molar-refractivity contribution in [2.24, 2.45) is 0 Å². The van der Waals surface area contributed by atoms with Gasteiger partial charge in [-0.3, -0.25) is 9.48 Å². The van der Waals surface area contributed by atoms with Crippen LogP contribution in [0.15, 0.2) is 42.7 Å². The first-order chi connectivity index (χ1) is 11.5. The number of likely N-dealkylation sites (N-methyl/N-ethyl adjacent to an activating group) is 1. The minimum atomic E-state index is -0.0570. The van der Waals surface area contributed by atoms with E-state index in [1.165, 1.54) is 4.90 Å². The van der Waals surface area contributed by atoms with Crippen LogP contribution in [-0.4, -0.2) is 47.3 Å². The van der Waals surface area contributed by atoms with E-state index >= 15 is 0 Å². The van der Waals surface area contributed by atoms with Gasteiger partial charge in [-0.2, -0.15) is 5.10 Å². The van der Waals surface area contributed by atoms with Crippen molar-refractivity contribution in [3.63, 3.8) is 0 Å². The molecule has 24 heavy (non-hydrogen) atoms. The molecule has 6 heteroatoms. The first-order valence-corrected chi connectivity index (χ1v) is 8.12. The maximum absolute atomic E-state index is 11.7. The minimum Gasteiger partial charge on any atom is -0.483 e. The van der Waals surface area contributed by atoms with Gasteiger partial charge in [-0.1, -0.05) is 18.2 Å². The maximum Gasteiger partial charge on any atom is 0.259 e. The van der Waals surface area contributed by atoms with E-state index in [1.54, 1.807) is 20.3 Å². The van der Waals surface area contributed by atoms with E-state index < -0.39 is 0 Å². The molecule has 0 saturated carbocycles. The molecule has 0 radical (unpaired) electrons. The topological polar surface area (TPSA) is 59.4 Å². The number of para-hydroxylation sites is 1. The highest BCUT2D eigenvalue weighted by molar-refractivity contribution is 5.77. The normalized spacial score (nSPS) is 13.3. The summed E-state index contributed by atoms with van der Waals surface area (Å²) in [7, 11) is 3.44. The van der Waals surface area contributed by atoms with Gasteiger partial charge in [0.2, 0.25) is 0 Å². The molecule has 1 aromatic heterocycles. The Morgan fingerprint density at radius 3 is 2.71 bits per heavy atom. The molecule has 0 unspecified atom stereocenters. The zero-order valence-electron chi connectivity index (χ0n) is 14.8. The first kappa shape index (κ1) is 18.0. The average molecular weight is 330 g/mol. The summed E-state index contributed by atoms with van der Waals surface area (Å²) in [6.45, 7) is 4.97. The molecule has 130 valence electrons. The van der Waals surface area contributed by atoms with Gasteiger partial charge in [0.1, 0.15) is 5.75 Å². The Kier molecular flexibility index (Phi) is 6.37. The molecule has 1 aromatic carbocycles. The number of amides is 1. The van der Waals surface area contributed by atoms with Crippen molar-refractivity contribution in [1.82, 2.24) is 20.0 Å². The molecule has 0 aliphatic carbocycles. The quantitative estimate of drug-likeness (QED) is 0.805. The van der Waals surface area contributed by atoms with Crippen molar-refractivity contribution in [3.05, 3.63) is 48.3 Å². The maximum atomic E-state index is 11.7. The predicted molar refractivity (Wildman–Crippen MR) is 93.9 cm³/mol. The van der Waals surface area contributed by atoms with Crippen LogP contribution in [0.5, 0.6) is 5.75 Å². The smallest absolute Gasteiger partial charge is 0.259 e. The van der Waals surface area contributed by atoms with Gasteiger partial charge in [-0.05, 0) is 26.0 Å². The van der Waals surface area contributed by atoms with E-state index in [9.17, 15) is 4.79 Å². The Labute approximate surface area is 143 Å². The second-order valence-corrected chi connectivity index (χ2v) is 6.08. The van der Waals surface area contributed by atoms with Gasteiger partial charge in [0.25, 0.3) is 5.91 Å². The highest BCUT2D eigenvalue weighted by Crippen LogP contribution is 2.19. The van der Waals surface area contributed by atoms with Crippen molar-refractivity contribution >= 4 is 5.91 Å². The highest BCUT2D eigenvalue weighted by Gasteiger charge is 2.15. The molecule has 1 amide bonds. The summed E-state index contributed by atoms with van der Waals surface area (Å²) in [5.74, 6) is 0.678. The Balaban J connectivity index is 1.93. The summed E-state index contributed by atoms with van der Waals surface area (Å²) in [6.07, 6.45) is 3.75. The highest BCUT2D eigenvalue weighted by atomic mass is 16.5. The van der Waals surface area contributed by atoms with E-state index in [4.69, 9.17) is 4.74 Å². The number of benzene rings is 1. The molecule has 0 spiro atoms. The average Bonchev–Trinajstić information content (AvgIpc) is 3.11. The van der Waals surface area contributed by atoms with Crippen molar-refractivity contribution in [2.75, 3.05) is 20.7 Å². The lowest BCUT2D eigenvalue weighted by atomic mass is 10.1. The van der Waals surface area contributed by atoms with E-state index in [1.807, 2.05) is 41.2 Å². The summed E-state index contributed by atoms with van der Waals surface area (Å²) in [4.78, 5) is 13.2. The Hall–Kier alpha value is -2.34. The summed E-state index contributed by atoms with van der Waals surface area (Å²) >= 11 is 0. The van der Waals surface area contributed by atoms with Crippen LogP contribution in [-0.2, 0) is 11.3 Å². The predicted octanol–water partition coefficient (Wildman–Crippen LogP) is 2.09. The third kappa shape index (κ3) is 4.83. The van der Waals surface area contributed by atoms with E-state index in [0.29, 0.717) is 6.54 Å². The lowest BCUT2D eigenvalue weighted by Gasteiger charge is -2.22. The summed E-state index contributed by atoms with van der Waals surface area (Å²) in [5, 5.41) is 7.79. The third-order valence-electron chi connectivity index (χ3n) is 4.10. The molecule has 0 aliphatic rings. The molecular formula is C18H26N4O2. The largest absolute Gasteiger partial charge is 0.483 e. The lowest BCUT2D eigenvalue weighted by Crippen LogP contribution is -2.33. The van der Waals surface area contributed by atoms with Crippen molar-refractivity contribution in [2.45, 2.75) is 32.5 Å². The van der Waals surface area contributed by atoms with Gasteiger partial charge in [-0.15, -0.1) is 0 Å². The fraction of sp³-hybridized carbons (Fsp3) is 0.444. The lowest BCUT2D eigenvalue weighted by molar-refractivity contribution is -0.130. The molecule has 1 N–H and O–H groups in total. The van der Waals surface area contributed by atoms with E-state index in [-0.39, 0.29) is 24.6 Å². The van der Waals surface area contributed by atoms with E-state index in [0.717, 1.165) is 11.3 Å². The zero-order valence-corrected chi connectivity index (χ0v) is 14.8. The van der Waals surface area contributed by atoms with Gasteiger partial charge in [-0.25, -0.2) is 0 Å². The number of aromatic nitrogens is 2. The van der Waals surface area contributed by atoms with Crippen LogP contribution >= 0.6 is 0 Å². The minimum absolute atomic E-state index is 0.0449. The molecule has 0 fully saturated rings. The molecular weight excluding hydrogens is 304 g/mol. The third-order valence-corrected chi connectivity index (χ3v) is 4.10. The fourth-order valence-corrected chi connectivity index (χ4v) is 2.25. The second kappa shape index (κ2) is 8.49. The number of hydrogen-bond donors (Lipinski definition) is 1. The zero-order chi connectivity index (χ0) is 17.5. The van der Waals surface area contributed by atoms with Crippen LogP contribution in [0.1, 0.15) is 25.5 Å². The van der Waals surface area contributed by atoms with Crippen molar-refractivity contribution < 1.29 is 9.53 Å².